The van der Waals surface area contributed by atoms with Crippen LogP contribution in [-0.4, -0.2) is 31.9 Å². The van der Waals surface area contributed by atoms with Crippen molar-refractivity contribution in [1.29, 1.82) is 0 Å². The van der Waals surface area contributed by atoms with Crippen molar-refractivity contribution in [2.75, 3.05) is 11.1 Å². The molecule has 1 aliphatic rings. The number of nitrogens with zero attached hydrogens (tertiary/aromatic N) is 4. The molecule has 2 aromatic carbocycles. The van der Waals surface area contributed by atoms with Crippen molar-refractivity contribution < 1.29 is 4.79 Å². The second-order valence-electron chi connectivity index (χ2n) is 7.29. The zero-order valence-electron chi connectivity index (χ0n) is 16.1. The van der Waals surface area contributed by atoms with Gasteiger partial charge in [0.15, 0.2) is 0 Å². The second-order valence-corrected chi connectivity index (χ2v) is 8.24. The Morgan fingerprint density at radius 3 is 2.71 bits per heavy atom. The molecule has 6 nitrogen and oxygen atoms in total. The molecule has 0 fully saturated rings. The van der Waals surface area contributed by atoms with Gasteiger partial charge in [-0.05, 0) is 76.6 Å². The number of hydrogen-bond donors (Lipinski definition) is 1. The van der Waals surface area contributed by atoms with E-state index < -0.39 is 0 Å². The molecule has 0 saturated heterocycles. The molecule has 144 valence electrons. The van der Waals surface area contributed by atoms with Crippen LogP contribution < -0.4 is 5.32 Å². The maximum Gasteiger partial charge on any atom is 0.234 e. The van der Waals surface area contributed by atoms with Crippen LogP contribution in [0.5, 0.6) is 0 Å². The van der Waals surface area contributed by atoms with Crippen LogP contribution in [0.2, 0.25) is 0 Å². The third-order valence-electron chi connectivity index (χ3n) is 4.96. The predicted molar refractivity (Wildman–Crippen MR) is 111 cm³/mol. The van der Waals surface area contributed by atoms with Gasteiger partial charge < -0.3 is 5.32 Å². The number of rotatable bonds is 6. The van der Waals surface area contributed by atoms with Crippen molar-refractivity contribution in [1.82, 2.24) is 20.2 Å². The summed E-state index contributed by atoms with van der Waals surface area (Å²) in [6, 6.07) is 14.3. The summed E-state index contributed by atoms with van der Waals surface area (Å²) in [6.07, 6.45) is 3.43. The number of aromatic nitrogens is 4. The topological polar surface area (TPSA) is 72.7 Å². The molecule has 0 radical (unpaired) electrons. The number of tetrazole rings is 1. The van der Waals surface area contributed by atoms with Crippen molar-refractivity contribution in [3.63, 3.8) is 0 Å². The van der Waals surface area contributed by atoms with Gasteiger partial charge in [-0.3, -0.25) is 4.79 Å². The molecule has 7 heteroatoms. The number of thioether (sulfide) groups is 1. The van der Waals surface area contributed by atoms with Gasteiger partial charge in [0.05, 0.1) is 11.4 Å². The maximum absolute atomic E-state index is 12.4. The van der Waals surface area contributed by atoms with E-state index in [2.05, 4.69) is 59.0 Å². The van der Waals surface area contributed by atoms with Crippen LogP contribution in [0.1, 0.15) is 42.9 Å². The zero-order chi connectivity index (χ0) is 19.5. The summed E-state index contributed by atoms with van der Waals surface area (Å²) in [5.41, 5.74) is 5.75. The van der Waals surface area contributed by atoms with E-state index in [0.717, 1.165) is 24.2 Å². The minimum atomic E-state index is -0.0624. The van der Waals surface area contributed by atoms with Gasteiger partial charge in [-0.25, -0.2) is 0 Å². The van der Waals surface area contributed by atoms with Crippen molar-refractivity contribution in [3.8, 4) is 5.69 Å². The highest BCUT2D eigenvalue weighted by atomic mass is 32.2. The lowest BCUT2D eigenvalue weighted by Crippen LogP contribution is -2.14. The SMILES string of the molecule is CC(C)c1ccc(-n2nnnc2SCC(=O)Nc2ccc3c(c2)CCC3)cc1. The minimum Gasteiger partial charge on any atom is -0.325 e. The van der Waals surface area contributed by atoms with E-state index in [4.69, 9.17) is 0 Å². The molecule has 0 atom stereocenters. The summed E-state index contributed by atoms with van der Waals surface area (Å²) in [5, 5.41) is 15.5. The molecule has 3 aromatic rings. The molecule has 1 heterocycles. The molecule has 0 aliphatic heterocycles. The number of carbonyl (C=O) groups is 1. The van der Waals surface area contributed by atoms with E-state index in [1.807, 2.05) is 18.2 Å². The van der Waals surface area contributed by atoms with E-state index in [0.29, 0.717) is 11.1 Å². The third-order valence-corrected chi connectivity index (χ3v) is 5.88. The van der Waals surface area contributed by atoms with Crippen molar-refractivity contribution in [2.45, 2.75) is 44.2 Å². The Kier molecular flexibility index (Phi) is 5.43. The number of carbonyl (C=O) groups excluding carboxylic acids is 1. The van der Waals surface area contributed by atoms with Gasteiger partial charge >= 0.3 is 0 Å². The Balaban J connectivity index is 1.39. The lowest BCUT2D eigenvalue weighted by Gasteiger charge is -2.09. The first kappa shape index (κ1) is 18.7. The number of amides is 1. The largest absolute Gasteiger partial charge is 0.325 e. The standard InChI is InChI=1S/C21H23N5OS/c1-14(2)15-7-10-19(11-8-15)26-21(23-24-25-26)28-13-20(27)22-18-9-6-16-4-3-5-17(16)12-18/h6-12,14H,3-5,13H2,1-2H3,(H,22,27). The molecule has 1 aliphatic carbocycles. The van der Waals surface area contributed by atoms with Gasteiger partial charge in [0, 0.05) is 5.69 Å². The van der Waals surface area contributed by atoms with E-state index in [-0.39, 0.29) is 11.7 Å². The van der Waals surface area contributed by atoms with Crippen LogP contribution in [0.15, 0.2) is 47.6 Å². The summed E-state index contributed by atoms with van der Waals surface area (Å²) < 4.78 is 1.66. The third kappa shape index (κ3) is 4.09. The van der Waals surface area contributed by atoms with Gasteiger partial charge in [-0.2, -0.15) is 4.68 Å². The van der Waals surface area contributed by atoms with Gasteiger partial charge in [-0.15, -0.1) is 5.10 Å². The first-order valence-corrected chi connectivity index (χ1v) is 10.5. The number of aryl methyl sites for hydroxylation is 2. The van der Waals surface area contributed by atoms with Gasteiger partial charge in [-0.1, -0.05) is 43.8 Å². The quantitative estimate of drug-likeness (QED) is 0.641. The average molecular weight is 394 g/mol. The van der Waals surface area contributed by atoms with E-state index in [9.17, 15) is 4.79 Å². The molecule has 0 saturated carbocycles. The highest BCUT2D eigenvalue weighted by Gasteiger charge is 2.14. The molecule has 1 amide bonds. The zero-order valence-corrected chi connectivity index (χ0v) is 16.9. The Morgan fingerprint density at radius 1 is 1.14 bits per heavy atom. The number of fused-ring (bicyclic) bond motifs is 1. The number of hydrogen-bond acceptors (Lipinski definition) is 5. The summed E-state index contributed by atoms with van der Waals surface area (Å²) in [4.78, 5) is 12.4. The Labute approximate surface area is 168 Å². The normalized spacial score (nSPS) is 13.0. The molecule has 0 unspecified atom stereocenters. The van der Waals surface area contributed by atoms with Crippen LogP contribution in [0.3, 0.4) is 0 Å². The van der Waals surface area contributed by atoms with Crippen LogP contribution >= 0.6 is 11.8 Å². The van der Waals surface area contributed by atoms with Gasteiger partial charge in [0.2, 0.25) is 11.1 Å². The Morgan fingerprint density at radius 2 is 1.93 bits per heavy atom. The first-order valence-electron chi connectivity index (χ1n) is 9.53. The summed E-state index contributed by atoms with van der Waals surface area (Å²) in [5.74, 6) is 0.661. The van der Waals surface area contributed by atoms with Gasteiger partial charge in [0.25, 0.3) is 0 Å². The van der Waals surface area contributed by atoms with E-state index in [1.165, 1.54) is 34.9 Å². The fourth-order valence-electron chi connectivity index (χ4n) is 3.41. The molecule has 1 N–H and O–H groups in total. The summed E-state index contributed by atoms with van der Waals surface area (Å²) in [7, 11) is 0. The lowest BCUT2D eigenvalue weighted by molar-refractivity contribution is -0.113. The van der Waals surface area contributed by atoms with Crippen LogP contribution in [-0.2, 0) is 17.6 Å². The molecular formula is C21H23N5OS. The minimum absolute atomic E-state index is 0.0624. The highest BCUT2D eigenvalue weighted by molar-refractivity contribution is 7.99. The van der Waals surface area contributed by atoms with E-state index >= 15 is 0 Å². The predicted octanol–water partition coefficient (Wildman–Crippen LogP) is 4.01. The van der Waals surface area contributed by atoms with E-state index in [1.54, 1.807) is 4.68 Å². The highest BCUT2D eigenvalue weighted by Crippen LogP contribution is 2.25. The second kappa shape index (κ2) is 8.14. The smallest absolute Gasteiger partial charge is 0.234 e. The first-order chi connectivity index (χ1) is 13.6. The summed E-state index contributed by atoms with van der Waals surface area (Å²) >= 11 is 1.33. The number of anilines is 1. The van der Waals surface area contributed by atoms with Crippen LogP contribution in [0, 0.1) is 0 Å². The Hall–Kier alpha value is -2.67. The molecule has 0 bridgehead atoms. The molecule has 1 aromatic heterocycles. The molecular weight excluding hydrogens is 370 g/mol. The number of benzene rings is 2. The summed E-state index contributed by atoms with van der Waals surface area (Å²) in [6.45, 7) is 4.32. The molecule has 28 heavy (non-hydrogen) atoms. The fourth-order valence-corrected chi connectivity index (χ4v) is 4.10. The Bertz CT molecular complexity index is 981. The monoisotopic (exact) mass is 393 g/mol. The van der Waals surface area contributed by atoms with Crippen molar-refractivity contribution in [3.05, 3.63) is 59.2 Å². The molecule has 0 spiro atoms. The fraction of sp³-hybridized carbons (Fsp3) is 0.333. The van der Waals surface area contributed by atoms with Crippen LogP contribution in [0.4, 0.5) is 5.69 Å². The average Bonchev–Trinajstić information content (AvgIpc) is 3.35. The lowest BCUT2D eigenvalue weighted by atomic mass is 10.0. The van der Waals surface area contributed by atoms with Gasteiger partial charge in [0.1, 0.15) is 0 Å². The van der Waals surface area contributed by atoms with Crippen molar-refractivity contribution in [2.24, 2.45) is 0 Å². The van der Waals surface area contributed by atoms with Crippen molar-refractivity contribution >= 4 is 23.4 Å². The maximum atomic E-state index is 12.4. The van der Waals surface area contributed by atoms with Crippen LogP contribution in [0.25, 0.3) is 5.69 Å². The number of nitrogens with one attached hydrogen (secondary N) is 1. The molecule has 4 rings (SSSR count).